The summed E-state index contributed by atoms with van der Waals surface area (Å²) in [4.78, 5) is 4.62. The van der Waals surface area contributed by atoms with Gasteiger partial charge >= 0.3 is 0 Å². The van der Waals surface area contributed by atoms with Crippen molar-refractivity contribution in [1.29, 1.82) is 0 Å². The van der Waals surface area contributed by atoms with E-state index in [0.29, 0.717) is 18.9 Å². The number of rotatable bonds is 7. The first kappa shape index (κ1) is 14.2. The fourth-order valence-electron chi connectivity index (χ4n) is 2.71. The largest absolute Gasteiger partial charge is 0.383 e. The van der Waals surface area contributed by atoms with Gasteiger partial charge in [0.1, 0.15) is 0 Å². The lowest BCUT2D eigenvalue weighted by molar-refractivity contribution is 0.165. The minimum Gasteiger partial charge on any atom is -0.383 e. The van der Waals surface area contributed by atoms with Crippen LogP contribution in [0.2, 0.25) is 0 Å². The van der Waals surface area contributed by atoms with E-state index >= 15 is 0 Å². The van der Waals surface area contributed by atoms with Gasteiger partial charge in [0.15, 0.2) is 5.82 Å². The van der Waals surface area contributed by atoms with Gasteiger partial charge < -0.3 is 14.6 Å². The van der Waals surface area contributed by atoms with Gasteiger partial charge in [-0.2, -0.15) is 4.98 Å². The van der Waals surface area contributed by atoms with Gasteiger partial charge in [0, 0.05) is 19.6 Å². The molecule has 0 spiro atoms. The molecule has 0 bridgehead atoms. The number of ether oxygens (including phenoxy) is 1. The maximum Gasteiger partial charge on any atom is 0.228 e. The second kappa shape index (κ2) is 5.95. The van der Waals surface area contributed by atoms with Gasteiger partial charge in [0.25, 0.3) is 0 Å². The number of hydrogen-bond donors (Lipinski definition) is 1. The molecule has 3 rings (SSSR count). The molecule has 1 unspecified atom stereocenters. The summed E-state index contributed by atoms with van der Waals surface area (Å²) in [6.07, 6.45) is 2.86. The molecule has 0 radical (unpaired) electrons. The third-order valence-corrected chi connectivity index (χ3v) is 4.17. The average Bonchev–Trinajstić information content (AvgIpc) is 3.21. The van der Waals surface area contributed by atoms with Crippen LogP contribution in [0, 0.1) is 0 Å². The molecule has 1 fully saturated rings. The Balaban J connectivity index is 1.76. The van der Waals surface area contributed by atoms with Gasteiger partial charge in [0.05, 0.1) is 12.0 Å². The molecule has 0 aliphatic heterocycles. The van der Waals surface area contributed by atoms with Crippen molar-refractivity contribution in [3.63, 3.8) is 0 Å². The Morgan fingerprint density at radius 1 is 1.33 bits per heavy atom. The summed E-state index contributed by atoms with van der Waals surface area (Å²) in [5.41, 5.74) is 1.25. The van der Waals surface area contributed by atoms with Crippen LogP contribution >= 0.6 is 0 Å². The fraction of sp³-hybridized carbons (Fsp3) is 0.500. The molecule has 1 aromatic heterocycles. The van der Waals surface area contributed by atoms with Crippen LogP contribution < -0.4 is 5.32 Å². The minimum atomic E-state index is -0.0284. The highest BCUT2D eigenvalue weighted by atomic mass is 16.5. The highest BCUT2D eigenvalue weighted by molar-refractivity contribution is 5.38. The zero-order chi connectivity index (χ0) is 14.7. The third-order valence-electron chi connectivity index (χ3n) is 4.17. The number of methoxy groups -OCH3 is 1. The quantitative estimate of drug-likeness (QED) is 0.843. The van der Waals surface area contributed by atoms with E-state index in [1.54, 1.807) is 7.11 Å². The Bertz CT molecular complexity index is 578. The van der Waals surface area contributed by atoms with Crippen molar-refractivity contribution in [2.24, 2.45) is 0 Å². The Morgan fingerprint density at radius 3 is 2.71 bits per heavy atom. The molecule has 1 aliphatic carbocycles. The van der Waals surface area contributed by atoms with Gasteiger partial charge in [-0.25, -0.2) is 0 Å². The van der Waals surface area contributed by atoms with E-state index < -0.39 is 0 Å². The Morgan fingerprint density at radius 2 is 2.10 bits per heavy atom. The summed E-state index contributed by atoms with van der Waals surface area (Å²) in [5, 5.41) is 7.41. The van der Waals surface area contributed by atoms with Crippen molar-refractivity contribution in [1.82, 2.24) is 15.5 Å². The highest BCUT2D eigenvalue weighted by Crippen LogP contribution is 2.52. The Labute approximate surface area is 124 Å². The number of nitrogens with one attached hydrogen (secondary N) is 1. The van der Waals surface area contributed by atoms with Crippen LogP contribution in [-0.4, -0.2) is 36.9 Å². The highest BCUT2D eigenvalue weighted by Gasteiger charge is 2.49. The minimum absolute atomic E-state index is 0.0284. The predicted octanol–water partition coefficient (Wildman–Crippen LogP) is 1.93. The molecule has 5 heteroatoms. The zero-order valence-corrected chi connectivity index (χ0v) is 12.5. The summed E-state index contributed by atoms with van der Waals surface area (Å²) in [6, 6.07) is 10.6. The lowest BCUT2D eigenvalue weighted by Gasteiger charge is -2.12. The van der Waals surface area contributed by atoms with Crippen LogP contribution in [0.3, 0.4) is 0 Å². The first-order valence-electron chi connectivity index (χ1n) is 7.33. The zero-order valence-electron chi connectivity index (χ0n) is 12.5. The third kappa shape index (κ3) is 2.84. The molecule has 21 heavy (non-hydrogen) atoms. The molecule has 1 heterocycles. The molecule has 2 aromatic rings. The molecule has 1 N–H and O–H groups in total. The lowest BCUT2D eigenvalue weighted by atomic mass is 9.95. The molecule has 1 aliphatic rings. The van der Waals surface area contributed by atoms with Crippen molar-refractivity contribution in [3.8, 4) is 0 Å². The van der Waals surface area contributed by atoms with Crippen molar-refractivity contribution in [2.75, 3.05) is 20.8 Å². The van der Waals surface area contributed by atoms with Crippen LogP contribution in [0.5, 0.6) is 0 Å². The van der Waals surface area contributed by atoms with Crippen molar-refractivity contribution < 1.29 is 9.26 Å². The number of aromatic nitrogens is 2. The van der Waals surface area contributed by atoms with E-state index in [4.69, 9.17) is 9.26 Å². The molecule has 1 atom stereocenters. The van der Waals surface area contributed by atoms with Crippen LogP contribution in [0.4, 0.5) is 0 Å². The standard InChI is InChI=1S/C16H21N3O2/c1-17-13(11-20-2)10-14-18-15(19-21-14)16(8-9-16)12-6-4-3-5-7-12/h3-7,13,17H,8-11H2,1-2H3. The van der Waals surface area contributed by atoms with Crippen molar-refractivity contribution in [2.45, 2.75) is 30.7 Å². The van der Waals surface area contributed by atoms with E-state index in [1.807, 2.05) is 13.1 Å². The normalized spacial score (nSPS) is 17.6. The second-order valence-corrected chi connectivity index (χ2v) is 5.60. The number of likely N-dealkylation sites (N-methyl/N-ethyl adjacent to an activating group) is 1. The topological polar surface area (TPSA) is 60.2 Å². The second-order valence-electron chi connectivity index (χ2n) is 5.60. The summed E-state index contributed by atoms with van der Waals surface area (Å²) in [5.74, 6) is 1.49. The molecule has 0 saturated heterocycles. The summed E-state index contributed by atoms with van der Waals surface area (Å²) >= 11 is 0. The maximum atomic E-state index is 5.43. The van der Waals surface area contributed by atoms with Gasteiger partial charge in [-0.3, -0.25) is 0 Å². The fourth-order valence-corrected chi connectivity index (χ4v) is 2.71. The van der Waals surface area contributed by atoms with E-state index in [0.717, 1.165) is 18.7 Å². The molecule has 0 amide bonds. The van der Waals surface area contributed by atoms with Gasteiger partial charge in [0.2, 0.25) is 5.89 Å². The van der Waals surface area contributed by atoms with Gasteiger partial charge in [-0.05, 0) is 25.5 Å². The molecule has 1 aromatic carbocycles. The molecule has 112 valence electrons. The summed E-state index contributed by atoms with van der Waals surface area (Å²) in [7, 11) is 3.60. The van der Waals surface area contributed by atoms with E-state index in [9.17, 15) is 0 Å². The van der Waals surface area contributed by atoms with Crippen LogP contribution in [0.25, 0.3) is 0 Å². The van der Waals surface area contributed by atoms with Crippen LogP contribution in [0.1, 0.15) is 30.1 Å². The Kier molecular flexibility index (Phi) is 4.03. The predicted molar refractivity (Wildman–Crippen MR) is 79.2 cm³/mol. The molecular weight excluding hydrogens is 266 g/mol. The average molecular weight is 287 g/mol. The van der Waals surface area contributed by atoms with Gasteiger partial charge in [-0.15, -0.1) is 0 Å². The lowest BCUT2D eigenvalue weighted by Crippen LogP contribution is -2.32. The van der Waals surface area contributed by atoms with Crippen LogP contribution in [0.15, 0.2) is 34.9 Å². The van der Waals surface area contributed by atoms with Crippen LogP contribution in [-0.2, 0) is 16.6 Å². The summed E-state index contributed by atoms with van der Waals surface area (Å²) < 4.78 is 10.6. The number of benzene rings is 1. The molecule has 5 nitrogen and oxygen atoms in total. The monoisotopic (exact) mass is 287 g/mol. The SMILES string of the molecule is CNC(COC)Cc1nc(C2(c3ccccc3)CC2)no1. The van der Waals surface area contributed by atoms with Gasteiger partial charge in [-0.1, -0.05) is 35.5 Å². The van der Waals surface area contributed by atoms with E-state index in [1.165, 1.54) is 5.56 Å². The van der Waals surface area contributed by atoms with E-state index in [-0.39, 0.29) is 11.5 Å². The smallest absolute Gasteiger partial charge is 0.228 e. The van der Waals surface area contributed by atoms with Crippen molar-refractivity contribution in [3.05, 3.63) is 47.6 Å². The number of hydrogen-bond acceptors (Lipinski definition) is 5. The van der Waals surface area contributed by atoms with Crippen molar-refractivity contribution >= 4 is 0 Å². The Hall–Kier alpha value is -1.72. The number of nitrogens with zero attached hydrogens (tertiary/aromatic N) is 2. The maximum absolute atomic E-state index is 5.43. The summed E-state index contributed by atoms with van der Waals surface area (Å²) in [6.45, 7) is 0.623. The molecular formula is C16H21N3O2. The first-order valence-corrected chi connectivity index (χ1v) is 7.33. The molecule has 1 saturated carbocycles. The first-order chi connectivity index (χ1) is 10.3. The van der Waals surface area contributed by atoms with E-state index in [2.05, 4.69) is 39.7 Å².